The van der Waals surface area contributed by atoms with Crippen LogP contribution in [-0.2, 0) is 24.2 Å². The first-order chi connectivity index (χ1) is 15.0. The van der Waals surface area contributed by atoms with Crippen LogP contribution >= 0.6 is 23.4 Å². The van der Waals surface area contributed by atoms with Gasteiger partial charge in [-0.15, -0.1) is 10.2 Å². The molecule has 0 aliphatic rings. The average molecular weight is 459 g/mol. The van der Waals surface area contributed by atoms with Gasteiger partial charge in [-0.1, -0.05) is 41.6 Å². The Morgan fingerprint density at radius 1 is 1.19 bits per heavy atom. The number of rotatable bonds is 10. The number of aromatic nitrogens is 3. The van der Waals surface area contributed by atoms with Gasteiger partial charge in [0.2, 0.25) is 5.91 Å². The zero-order valence-electron chi connectivity index (χ0n) is 18.0. The molecule has 1 aromatic heterocycles. The summed E-state index contributed by atoms with van der Waals surface area (Å²) in [5.41, 5.74) is 3.11. The third kappa shape index (κ3) is 6.48. The maximum absolute atomic E-state index is 12.3. The molecule has 0 spiro atoms. The van der Waals surface area contributed by atoms with Crippen LogP contribution < -0.4 is 10.1 Å². The van der Waals surface area contributed by atoms with Gasteiger partial charge in [0.25, 0.3) is 0 Å². The second-order valence-electron chi connectivity index (χ2n) is 7.15. The molecule has 0 bridgehead atoms. The van der Waals surface area contributed by atoms with Crippen LogP contribution in [0, 0.1) is 6.92 Å². The summed E-state index contributed by atoms with van der Waals surface area (Å²) in [5, 5.41) is 12.9. The summed E-state index contributed by atoms with van der Waals surface area (Å²) >= 11 is 7.35. The number of thioether (sulfide) groups is 1. The molecular formula is C23H27ClN4O2S. The fourth-order valence-electron chi connectivity index (χ4n) is 3.37. The summed E-state index contributed by atoms with van der Waals surface area (Å²) in [7, 11) is 1.69. The van der Waals surface area contributed by atoms with Crippen LogP contribution in [0.2, 0.25) is 5.02 Å². The molecule has 0 fully saturated rings. The predicted molar refractivity (Wildman–Crippen MR) is 126 cm³/mol. The van der Waals surface area contributed by atoms with E-state index in [2.05, 4.69) is 46.1 Å². The maximum Gasteiger partial charge on any atom is 0.234 e. The molecule has 1 amide bonds. The van der Waals surface area contributed by atoms with Crippen molar-refractivity contribution < 1.29 is 9.53 Å². The standard InChI is InChI=1S/C23H27ClN4O2S/c1-4-28-21(10-5-7-17-11-12-20(30-3)16(2)13-17)26-27-23(28)31-15-22(29)25-19-9-6-8-18(24)14-19/h6,8-9,11-14H,4-5,7,10,15H2,1-3H3,(H,25,29). The van der Waals surface area contributed by atoms with Crippen LogP contribution in [0.3, 0.4) is 0 Å². The summed E-state index contributed by atoms with van der Waals surface area (Å²) in [6.45, 7) is 4.89. The second-order valence-corrected chi connectivity index (χ2v) is 8.53. The van der Waals surface area contributed by atoms with E-state index in [0.717, 1.165) is 48.1 Å². The number of aryl methyl sites for hydroxylation is 3. The van der Waals surface area contributed by atoms with E-state index in [9.17, 15) is 4.79 Å². The smallest absolute Gasteiger partial charge is 0.234 e. The van der Waals surface area contributed by atoms with E-state index in [4.69, 9.17) is 16.3 Å². The Hall–Kier alpha value is -2.51. The second kappa shape index (κ2) is 11.2. The van der Waals surface area contributed by atoms with E-state index in [1.807, 2.05) is 12.1 Å². The number of amides is 1. The highest BCUT2D eigenvalue weighted by molar-refractivity contribution is 7.99. The Kier molecular flexibility index (Phi) is 8.37. The molecule has 1 N–H and O–H groups in total. The molecule has 0 aliphatic heterocycles. The fraction of sp³-hybridized carbons (Fsp3) is 0.348. The molecule has 31 heavy (non-hydrogen) atoms. The number of ether oxygens (including phenoxy) is 1. The van der Waals surface area contributed by atoms with Gasteiger partial charge in [0.05, 0.1) is 12.9 Å². The predicted octanol–water partition coefficient (Wildman–Crippen LogP) is 5.17. The summed E-state index contributed by atoms with van der Waals surface area (Å²) in [6, 6.07) is 13.4. The molecular weight excluding hydrogens is 432 g/mol. The van der Waals surface area contributed by atoms with E-state index in [0.29, 0.717) is 10.7 Å². The molecule has 164 valence electrons. The van der Waals surface area contributed by atoms with Crippen molar-refractivity contribution in [3.8, 4) is 5.75 Å². The lowest BCUT2D eigenvalue weighted by atomic mass is 10.0. The van der Waals surface area contributed by atoms with Gasteiger partial charge in [0.1, 0.15) is 11.6 Å². The van der Waals surface area contributed by atoms with Gasteiger partial charge in [-0.05, 0) is 62.1 Å². The largest absolute Gasteiger partial charge is 0.496 e. The number of methoxy groups -OCH3 is 1. The van der Waals surface area contributed by atoms with E-state index in [1.165, 1.54) is 17.3 Å². The van der Waals surface area contributed by atoms with E-state index >= 15 is 0 Å². The van der Waals surface area contributed by atoms with Gasteiger partial charge < -0.3 is 14.6 Å². The lowest BCUT2D eigenvalue weighted by Crippen LogP contribution is -2.14. The topological polar surface area (TPSA) is 69.0 Å². The summed E-state index contributed by atoms with van der Waals surface area (Å²) in [5.74, 6) is 2.02. The molecule has 0 unspecified atom stereocenters. The maximum atomic E-state index is 12.3. The Labute approximate surface area is 192 Å². The first-order valence-corrected chi connectivity index (χ1v) is 11.6. The summed E-state index contributed by atoms with van der Waals surface area (Å²) in [4.78, 5) is 12.3. The van der Waals surface area contributed by atoms with Crippen LogP contribution in [0.4, 0.5) is 5.69 Å². The van der Waals surface area contributed by atoms with Crippen molar-refractivity contribution in [2.24, 2.45) is 0 Å². The minimum atomic E-state index is -0.102. The summed E-state index contributed by atoms with van der Waals surface area (Å²) in [6.07, 6.45) is 2.77. The number of nitrogens with one attached hydrogen (secondary N) is 1. The van der Waals surface area contributed by atoms with Gasteiger partial charge in [0, 0.05) is 23.7 Å². The lowest BCUT2D eigenvalue weighted by Gasteiger charge is -2.09. The Morgan fingerprint density at radius 2 is 2.03 bits per heavy atom. The van der Waals surface area contributed by atoms with E-state index < -0.39 is 0 Å². The van der Waals surface area contributed by atoms with E-state index in [-0.39, 0.29) is 11.7 Å². The quantitative estimate of drug-likeness (QED) is 0.424. The van der Waals surface area contributed by atoms with Crippen LogP contribution in [0.15, 0.2) is 47.6 Å². The zero-order valence-corrected chi connectivity index (χ0v) is 19.6. The van der Waals surface area contributed by atoms with Gasteiger partial charge >= 0.3 is 0 Å². The van der Waals surface area contributed by atoms with Crippen molar-refractivity contribution in [2.45, 2.75) is 44.8 Å². The van der Waals surface area contributed by atoms with Crippen molar-refractivity contribution >= 4 is 35.0 Å². The Balaban J connectivity index is 1.52. The number of carbonyl (C=O) groups is 1. The third-order valence-electron chi connectivity index (χ3n) is 4.88. The summed E-state index contributed by atoms with van der Waals surface area (Å²) < 4.78 is 7.41. The molecule has 6 nitrogen and oxygen atoms in total. The van der Waals surface area contributed by atoms with E-state index in [1.54, 1.807) is 25.3 Å². The van der Waals surface area contributed by atoms with Gasteiger partial charge in [-0.2, -0.15) is 0 Å². The normalized spacial score (nSPS) is 10.8. The van der Waals surface area contributed by atoms with Gasteiger partial charge in [0.15, 0.2) is 5.16 Å². The molecule has 0 aliphatic carbocycles. The number of halogens is 1. The number of benzene rings is 2. The first kappa shape index (κ1) is 23.2. The van der Waals surface area contributed by atoms with Gasteiger partial charge in [-0.25, -0.2) is 0 Å². The average Bonchev–Trinajstić information content (AvgIpc) is 3.14. The van der Waals surface area contributed by atoms with Gasteiger partial charge in [-0.3, -0.25) is 4.79 Å². The molecule has 0 radical (unpaired) electrons. The highest BCUT2D eigenvalue weighted by Gasteiger charge is 2.13. The number of carbonyl (C=O) groups excluding carboxylic acids is 1. The molecule has 0 saturated carbocycles. The molecule has 1 heterocycles. The molecule has 2 aromatic carbocycles. The zero-order chi connectivity index (χ0) is 22.2. The van der Waals surface area contributed by atoms with Crippen LogP contribution in [-0.4, -0.2) is 33.5 Å². The van der Waals surface area contributed by atoms with Crippen molar-refractivity contribution in [3.05, 3.63) is 64.4 Å². The third-order valence-corrected chi connectivity index (χ3v) is 6.08. The van der Waals surface area contributed by atoms with Crippen molar-refractivity contribution in [1.29, 1.82) is 0 Å². The number of nitrogens with zero attached hydrogens (tertiary/aromatic N) is 3. The van der Waals surface area contributed by atoms with Crippen LogP contribution in [0.1, 0.15) is 30.3 Å². The number of hydrogen-bond donors (Lipinski definition) is 1. The molecule has 0 saturated heterocycles. The highest BCUT2D eigenvalue weighted by Crippen LogP contribution is 2.22. The SMILES string of the molecule is CCn1c(CCCc2ccc(OC)c(C)c2)nnc1SCC(=O)Nc1cccc(Cl)c1. The molecule has 0 atom stereocenters. The minimum absolute atomic E-state index is 0.102. The molecule has 3 rings (SSSR count). The fourth-order valence-corrected chi connectivity index (χ4v) is 4.38. The van der Waals surface area contributed by atoms with Crippen LogP contribution in [0.25, 0.3) is 0 Å². The van der Waals surface area contributed by atoms with Crippen LogP contribution in [0.5, 0.6) is 5.75 Å². The van der Waals surface area contributed by atoms with Crippen molar-refractivity contribution in [3.63, 3.8) is 0 Å². The Bertz CT molecular complexity index is 1040. The number of anilines is 1. The van der Waals surface area contributed by atoms with Crippen molar-refractivity contribution in [1.82, 2.24) is 14.8 Å². The van der Waals surface area contributed by atoms with Crippen molar-refractivity contribution in [2.75, 3.05) is 18.2 Å². The first-order valence-electron chi connectivity index (χ1n) is 10.2. The molecule has 3 aromatic rings. The monoisotopic (exact) mass is 458 g/mol. The lowest BCUT2D eigenvalue weighted by molar-refractivity contribution is -0.113. The minimum Gasteiger partial charge on any atom is -0.496 e. The Morgan fingerprint density at radius 3 is 2.74 bits per heavy atom. The molecule has 8 heteroatoms. The highest BCUT2D eigenvalue weighted by atomic mass is 35.5. The number of hydrogen-bond acceptors (Lipinski definition) is 5.